The summed E-state index contributed by atoms with van der Waals surface area (Å²) in [5, 5.41) is 7.16. The molecule has 2 aliphatic rings. The fraction of sp³-hybridized carbons (Fsp3) is 0.632. The van der Waals surface area contributed by atoms with Crippen molar-refractivity contribution < 1.29 is 12.8 Å². The summed E-state index contributed by atoms with van der Waals surface area (Å²) in [6.07, 6.45) is 5.88. The van der Waals surface area contributed by atoms with Crippen LogP contribution in [0.5, 0.6) is 0 Å². The number of hydrogen-bond donors (Lipinski definition) is 2. The van der Waals surface area contributed by atoms with Gasteiger partial charge in [-0.1, -0.05) is 6.92 Å². The van der Waals surface area contributed by atoms with E-state index in [4.69, 9.17) is 12.3 Å². The molecular formula is C19H27BN4O3S. The van der Waals surface area contributed by atoms with Crippen molar-refractivity contribution in [2.75, 3.05) is 36.5 Å². The van der Waals surface area contributed by atoms with E-state index in [1.165, 1.54) is 0 Å². The first kappa shape index (κ1) is 19.6. The molecule has 2 aromatic heterocycles. The Morgan fingerprint density at radius 1 is 1.29 bits per heavy atom. The zero-order valence-electron chi connectivity index (χ0n) is 16.4. The maximum absolute atomic E-state index is 11.9. The number of furan rings is 1. The molecule has 0 spiro atoms. The molecule has 9 heteroatoms. The smallest absolute Gasteiger partial charge is 0.193 e. The van der Waals surface area contributed by atoms with E-state index in [0.29, 0.717) is 47.9 Å². The fourth-order valence-corrected chi connectivity index (χ4v) is 5.59. The molecule has 2 N–H and O–H groups in total. The molecule has 150 valence electrons. The minimum Gasteiger partial charge on any atom is -0.439 e. The number of anilines is 2. The molecule has 7 nitrogen and oxygen atoms in total. The van der Waals surface area contributed by atoms with Gasteiger partial charge in [-0.25, -0.2) is 13.4 Å². The van der Waals surface area contributed by atoms with Gasteiger partial charge in [0.05, 0.1) is 11.4 Å². The largest absolute Gasteiger partial charge is 0.439 e. The van der Waals surface area contributed by atoms with Gasteiger partial charge in [-0.2, -0.15) is 0 Å². The summed E-state index contributed by atoms with van der Waals surface area (Å²) in [5.41, 5.74) is 1.28. The molecule has 4 rings (SSSR count). The van der Waals surface area contributed by atoms with E-state index in [2.05, 4.69) is 20.5 Å². The van der Waals surface area contributed by atoms with Crippen LogP contribution in [-0.4, -0.2) is 69.4 Å². The van der Waals surface area contributed by atoms with Gasteiger partial charge >= 0.3 is 0 Å². The topological polar surface area (TPSA) is 87.5 Å². The highest BCUT2D eigenvalue weighted by Crippen LogP contribution is 2.30. The number of aromatic nitrogens is 1. The molecule has 2 radical (unpaired) electrons. The lowest BCUT2D eigenvalue weighted by molar-refractivity contribution is 0.0920. The number of likely N-dealkylation sites (tertiary alicyclic amines) is 1. The number of nitrogens with zero attached hydrogens (tertiary/aromatic N) is 2. The zero-order valence-corrected chi connectivity index (χ0v) is 17.3. The van der Waals surface area contributed by atoms with Gasteiger partial charge in [0.15, 0.2) is 21.3 Å². The minimum absolute atomic E-state index is 0.165. The lowest BCUT2D eigenvalue weighted by atomic mass is 9.87. The first-order valence-electron chi connectivity index (χ1n) is 9.99. The Balaban J connectivity index is 1.33. The van der Waals surface area contributed by atoms with Gasteiger partial charge in [0.2, 0.25) is 0 Å². The summed E-state index contributed by atoms with van der Waals surface area (Å²) < 4.78 is 29.5. The van der Waals surface area contributed by atoms with Crippen molar-refractivity contribution in [3.05, 3.63) is 12.3 Å². The highest BCUT2D eigenvalue weighted by Gasteiger charge is 2.40. The van der Waals surface area contributed by atoms with Crippen LogP contribution in [0, 0.1) is 0 Å². The molecule has 1 aliphatic heterocycles. The average molecular weight is 402 g/mol. The van der Waals surface area contributed by atoms with E-state index in [9.17, 15) is 8.42 Å². The summed E-state index contributed by atoms with van der Waals surface area (Å²) in [4.78, 5) is 6.77. The molecule has 0 bridgehead atoms. The predicted octanol–water partition coefficient (Wildman–Crippen LogP) is 1.51. The number of nitrogens with one attached hydrogen (secondary N) is 2. The maximum Gasteiger partial charge on any atom is 0.193 e. The third-order valence-corrected chi connectivity index (χ3v) is 8.32. The third-order valence-electron chi connectivity index (χ3n) is 6.20. The molecule has 0 atom stereocenters. The van der Waals surface area contributed by atoms with Gasteiger partial charge in [0.1, 0.15) is 13.7 Å². The summed E-state index contributed by atoms with van der Waals surface area (Å²) in [5.74, 6) is 1.62. The summed E-state index contributed by atoms with van der Waals surface area (Å²) in [6.45, 7) is 3.12. The first-order valence-corrected chi connectivity index (χ1v) is 11.7. The van der Waals surface area contributed by atoms with Crippen molar-refractivity contribution in [2.24, 2.45) is 0 Å². The van der Waals surface area contributed by atoms with Gasteiger partial charge in [-0.05, 0) is 31.1 Å². The van der Waals surface area contributed by atoms with Crippen molar-refractivity contribution >= 4 is 45.8 Å². The van der Waals surface area contributed by atoms with Crippen LogP contribution in [0.25, 0.3) is 11.0 Å². The Labute approximate surface area is 167 Å². The predicted molar refractivity (Wildman–Crippen MR) is 113 cm³/mol. The summed E-state index contributed by atoms with van der Waals surface area (Å²) in [6, 6.07) is 2.70. The number of fused-ring (bicyclic) bond motifs is 1. The molecule has 0 amide bonds. The quantitative estimate of drug-likeness (QED) is 0.709. The summed E-state index contributed by atoms with van der Waals surface area (Å²) in [7, 11) is 5.21. The molecule has 28 heavy (non-hydrogen) atoms. The van der Waals surface area contributed by atoms with E-state index >= 15 is 0 Å². The van der Waals surface area contributed by atoms with Gasteiger partial charge in [-0.15, -0.1) is 0 Å². The van der Waals surface area contributed by atoms with E-state index < -0.39 is 9.84 Å². The van der Waals surface area contributed by atoms with Gasteiger partial charge in [-0.3, -0.25) is 4.90 Å². The van der Waals surface area contributed by atoms with Crippen LogP contribution in [0.4, 0.5) is 11.7 Å². The van der Waals surface area contributed by atoms with Crippen LogP contribution in [-0.2, 0) is 9.84 Å². The Hall–Kier alpha value is -1.74. The Morgan fingerprint density at radius 2 is 2.00 bits per heavy atom. The van der Waals surface area contributed by atoms with E-state index in [-0.39, 0.29) is 11.0 Å². The van der Waals surface area contributed by atoms with Crippen LogP contribution in [0.2, 0.25) is 0 Å². The van der Waals surface area contributed by atoms with Gasteiger partial charge in [0.25, 0.3) is 0 Å². The molecule has 0 aromatic carbocycles. The number of pyridine rings is 1. The molecule has 2 aromatic rings. The Morgan fingerprint density at radius 3 is 2.64 bits per heavy atom. The number of hydrogen-bond acceptors (Lipinski definition) is 7. The number of rotatable bonds is 6. The van der Waals surface area contributed by atoms with Crippen LogP contribution >= 0.6 is 0 Å². The Kier molecular flexibility index (Phi) is 5.31. The SMILES string of the molecule is [B]c1c(NC2CCC(N3CC(S(=O)(=O)CC)C3)CC2)ncc2oc(NC)cc12. The van der Waals surface area contributed by atoms with Crippen molar-refractivity contribution in [1.82, 2.24) is 9.88 Å². The standard InChI is InChI=1S/C19H27BN4O3S/c1-3-28(25,26)14-10-24(11-14)13-6-4-12(5-7-13)23-19-18(20)15-8-17(21-2)27-16(15)9-22-19/h8-9,12-14,21H,3-7,10-11H2,1-2H3,(H,22,23). The van der Waals surface area contributed by atoms with E-state index in [0.717, 1.165) is 31.1 Å². The zero-order chi connectivity index (χ0) is 19.9. The lowest BCUT2D eigenvalue weighted by Gasteiger charge is -2.46. The summed E-state index contributed by atoms with van der Waals surface area (Å²) >= 11 is 0. The molecular weight excluding hydrogens is 375 g/mol. The van der Waals surface area contributed by atoms with Crippen molar-refractivity contribution in [3.63, 3.8) is 0 Å². The van der Waals surface area contributed by atoms with Crippen LogP contribution in [0.1, 0.15) is 32.6 Å². The highest BCUT2D eigenvalue weighted by molar-refractivity contribution is 7.92. The van der Waals surface area contributed by atoms with Crippen molar-refractivity contribution in [1.29, 1.82) is 0 Å². The first-order chi connectivity index (χ1) is 13.4. The minimum atomic E-state index is -2.90. The Bertz CT molecular complexity index is 947. The maximum atomic E-state index is 11.9. The van der Waals surface area contributed by atoms with Gasteiger partial charge < -0.3 is 15.1 Å². The highest BCUT2D eigenvalue weighted by atomic mass is 32.2. The second-order valence-electron chi connectivity index (χ2n) is 7.84. The monoisotopic (exact) mass is 402 g/mol. The van der Waals surface area contributed by atoms with Gasteiger partial charge in [0, 0.05) is 49.4 Å². The average Bonchev–Trinajstić information content (AvgIpc) is 3.08. The molecule has 1 aliphatic carbocycles. The second kappa shape index (κ2) is 7.59. The lowest BCUT2D eigenvalue weighted by Crippen LogP contribution is -2.59. The van der Waals surface area contributed by atoms with Crippen molar-refractivity contribution in [2.45, 2.75) is 49.9 Å². The van der Waals surface area contributed by atoms with Crippen LogP contribution in [0.3, 0.4) is 0 Å². The normalized spacial score (nSPS) is 24.2. The third kappa shape index (κ3) is 3.62. The second-order valence-corrected chi connectivity index (χ2v) is 10.4. The fourth-order valence-electron chi connectivity index (χ4n) is 4.28. The van der Waals surface area contributed by atoms with E-state index in [1.54, 1.807) is 20.2 Å². The number of sulfone groups is 1. The molecule has 3 heterocycles. The van der Waals surface area contributed by atoms with Crippen molar-refractivity contribution in [3.8, 4) is 0 Å². The van der Waals surface area contributed by atoms with E-state index in [1.807, 2.05) is 6.07 Å². The van der Waals surface area contributed by atoms with Crippen LogP contribution in [0.15, 0.2) is 16.7 Å². The molecule has 1 saturated heterocycles. The molecule has 2 fully saturated rings. The molecule has 1 saturated carbocycles. The molecule has 0 unspecified atom stereocenters. The van der Waals surface area contributed by atoms with Crippen LogP contribution < -0.4 is 16.1 Å².